The number of hydrogen-bond acceptors (Lipinski definition) is 6. The number of hydrogen-bond donors (Lipinski definition) is 1. The molecule has 148 valence electrons. The maximum absolute atomic E-state index is 12.2. The van der Waals surface area contributed by atoms with Crippen molar-refractivity contribution in [2.24, 2.45) is 0 Å². The molecule has 3 aromatic rings. The second kappa shape index (κ2) is 9.80. The molecule has 1 heterocycles. The fourth-order valence-corrected chi connectivity index (χ4v) is 3.80. The summed E-state index contributed by atoms with van der Waals surface area (Å²) in [7, 11) is 0. The molecule has 0 radical (unpaired) electrons. The number of esters is 1. The van der Waals surface area contributed by atoms with Crippen LogP contribution in [-0.2, 0) is 20.7 Å². The van der Waals surface area contributed by atoms with Gasteiger partial charge in [-0.2, -0.15) is 5.26 Å². The lowest BCUT2D eigenvalue weighted by atomic mass is 10.2. The van der Waals surface area contributed by atoms with Crippen LogP contribution >= 0.6 is 11.3 Å². The van der Waals surface area contributed by atoms with Gasteiger partial charge in [0.25, 0.3) is 5.91 Å². The molecule has 1 amide bonds. The number of thiazole rings is 1. The van der Waals surface area contributed by atoms with E-state index in [0.717, 1.165) is 23.4 Å². The molecule has 0 saturated heterocycles. The van der Waals surface area contributed by atoms with Gasteiger partial charge in [-0.05, 0) is 56.5 Å². The van der Waals surface area contributed by atoms with Crippen LogP contribution in [0.15, 0.2) is 48.5 Å². The van der Waals surface area contributed by atoms with Gasteiger partial charge in [-0.3, -0.25) is 9.59 Å². The highest BCUT2D eigenvalue weighted by Gasteiger charge is 2.18. The van der Waals surface area contributed by atoms with Crippen LogP contribution in [0.1, 0.15) is 36.8 Å². The molecule has 1 atom stereocenters. The highest BCUT2D eigenvalue weighted by Crippen LogP contribution is 2.23. The third-order valence-electron chi connectivity index (χ3n) is 4.30. The average molecular weight is 407 g/mol. The summed E-state index contributed by atoms with van der Waals surface area (Å²) in [5.74, 6) is -0.828. The second-order valence-electron chi connectivity index (χ2n) is 6.60. The van der Waals surface area contributed by atoms with E-state index in [1.165, 1.54) is 11.6 Å². The van der Waals surface area contributed by atoms with Gasteiger partial charge in [0.2, 0.25) is 0 Å². The Hall–Kier alpha value is -3.24. The SMILES string of the molecule is C[C@@H](OC(=O)CCCCc1nc2ccccc2s1)C(=O)Nc1cccc(C#N)c1. The van der Waals surface area contributed by atoms with Crippen molar-refractivity contribution < 1.29 is 14.3 Å². The van der Waals surface area contributed by atoms with E-state index in [9.17, 15) is 9.59 Å². The number of nitrogens with one attached hydrogen (secondary N) is 1. The zero-order chi connectivity index (χ0) is 20.6. The van der Waals surface area contributed by atoms with Crippen molar-refractivity contribution in [1.29, 1.82) is 5.26 Å². The van der Waals surface area contributed by atoms with E-state index >= 15 is 0 Å². The molecule has 1 aromatic heterocycles. The first-order valence-electron chi connectivity index (χ1n) is 9.40. The zero-order valence-corrected chi connectivity index (χ0v) is 16.9. The van der Waals surface area contributed by atoms with E-state index in [4.69, 9.17) is 10.00 Å². The van der Waals surface area contributed by atoms with Gasteiger partial charge >= 0.3 is 5.97 Å². The Morgan fingerprint density at radius 1 is 1.21 bits per heavy atom. The smallest absolute Gasteiger partial charge is 0.306 e. The first kappa shape index (κ1) is 20.5. The predicted molar refractivity (Wildman–Crippen MR) is 113 cm³/mol. The number of carbonyl (C=O) groups excluding carboxylic acids is 2. The number of nitriles is 1. The fourth-order valence-electron chi connectivity index (χ4n) is 2.79. The average Bonchev–Trinajstić information content (AvgIpc) is 3.14. The van der Waals surface area contributed by atoms with Crippen LogP contribution in [0.5, 0.6) is 0 Å². The summed E-state index contributed by atoms with van der Waals surface area (Å²) >= 11 is 1.67. The summed E-state index contributed by atoms with van der Waals surface area (Å²) in [4.78, 5) is 28.8. The Balaban J connectivity index is 1.39. The monoisotopic (exact) mass is 407 g/mol. The number of benzene rings is 2. The molecule has 0 aliphatic carbocycles. The van der Waals surface area contributed by atoms with Crippen LogP contribution in [0.3, 0.4) is 0 Å². The van der Waals surface area contributed by atoms with E-state index in [-0.39, 0.29) is 6.42 Å². The zero-order valence-electron chi connectivity index (χ0n) is 16.1. The van der Waals surface area contributed by atoms with Crippen molar-refractivity contribution in [2.45, 2.75) is 38.7 Å². The number of carbonyl (C=O) groups is 2. The number of amides is 1. The molecule has 0 fully saturated rings. The van der Waals surface area contributed by atoms with Crippen LogP contribution in [0, 0.1) is 11.3 Å². The van der Waals surface area contributed by atoms with Gasteiger partial charge in [0.15, 0.2) is 6.10 Å². The van der Waals surface area contributed by atoms with Crippen LogP contribution in [0.2, 0.25) is 0 Å². The highest BCUT2D eigenvalue weighted by molar-refractivity contribution is 7.18. The van der Waals surface area contributed by atoms with Crippen LogP contribution in [0.4, 0.5) is 5.69 Å². The number of rotatable bonds is 8. The molecule has 1 N–H and O–H groups in total. The van der Waals surface area contributed by atoms with Gasteiger partial charge < -0.3 is 10.1 Å². The molecule has 7 heteroatoms. The lowest BCUT2D eigenvalue weighted by Crippen LogP contribution is -2.29. The molecule has 0 spiro atoms. The van der Waals surface area contributed by atoms with E-state index < -0.39 is 18.0 Å². The Bertz CT molecular complexity index is 1020. The number of aromatic nitrogens is 1. The van der Waals surface area contributed by atoms with E-state index in [0.29, 0.717) is 17.7 Å². The Kier molecular flexibility index (Phi) is 6.93. The Morgan fingerprint density at radius 2 is 2.03 bits per heavy atom. The fraction of sp³-hybridized carbons (Fsp3) is 0.273. The van der Waals surface area contributed by atoms with Crippen molar-refractivity contribution >= 4 is 39.1 Å². The molecule has 6 nitrogen and oxygen atoms in total. The van der Waals surface area contributed by atoms with Gasteiger partial charge in [0.1, 0.15) is 0 Å². The highest BCUT2D eigenvalue weighted by atomic mass is 32.1. The van der Waals surface area contributed by atoms with E-state index in [1.807, 2.05) is 24.3 Å². The van der Waals surface area contributed by atoms with Crippen molar-refractivity contribution in [1.82, 2.24) is 4.98 Å². The third-order valence-corrected chi connectivity index (χ3v) is 5.39. The Morgan fingerprint density at radius 3 is 2.83 bits per heavy atom. The third kappa shape index (κ3) is 5.87. The quantitative estimate of drug-likeness (QED) is 0.440. The van der Waals surface area contributed by atoms with Crippen molar-refractivity contribution in [3.63, 3.8) is 0 Å². The van der Waals surface area contributed by atoms with E-state index in [2.05, 4.69) is 16.4 Å². The van der Waals surface area contributed by atoms with Crippen LogP contribution in [0.25, 0.3) is 10.2 Å². The topological polar surface area (TPSA) is 92.1 Å². The lowest BCUT2D eigenvalue weighted by Gasteiger charge is -2.13. The van der Waals surface area contributed by atoms with Crippen molar-refractivity contribution in [3.05, 3.63) is 59.1 Å². The molecule has 29 heavy (non-hydrogen) atoms. The molecule has 2 aromatic carbocycles. The number of ether oxygens (including phenoxy) is 1. The summed E-state index contributed by atoms with van der Waals surface area (Å²) < 4.78 is 6.38. The number of anilines is 1. The maximum atomic E-state index is 12.2. The van der Waals surface area contributed by atoms with Crippen molar-refractivity contribution in [3.8, 4) is 6.07 Å². The molecule has 3 rings (SSSR count). The Labute approximate surface area is 173 Å². The van der Waals surface area contributed by atoms with Crippen molar-refractivity contribution in [2.75, 3.05) is 5.32 Å². The molecular formula is C22H21N3O3S. The first-order chi connectivity index (χ1) is 14.0. The van der Waals surface area contributed by atoms with Crippen LogP contribution < -0.4 is 5.32 Å². The standard InChI is InChI=1S/C22H21N3O3S/c1-15(22(27)24-17-8-6-7-16(13-17)14-23)28-21(26)12-5-4-11-20-25-18-9-2-3-10-19(18)29-20/h2-3,6-10,13,15H,4-5,11-12H2,1H3,(H,24,27)/t15-/m1/s1. The number of unbranched alkanes of at least 4 members (excludes halogenated alkanes) is 1. The normalized spacial score (nSPS) is 11.6. The number of aryl methyl sites for hydroxylation is 1. The first-order valence-corrected chi connectivity index (χ1v) is 10.2. The number of fused-ring (bicyclic) bond motifs is 1. The summed E-state index contributed by atoms with van der Waals surface area (Å²) in [6.45, 7) is 1.53. The number of nitrogens with zero attached hydrogens (tertiary/aromatic N) is 2. The van der Waals surface area contributed by atoms with Gasteiger partial charge in [0.05, 0.1) is 26.9 Å². The molecular weight excluding hydrogens is 386 g/mol. The maximum Gasteiger partial charge on any atom is 0.306 e. The summed E-state index contributed by atoms with van der Waals surface area (Å²) in [6.07, 6.45) is 1.67. The predicted octanol–water partition coefficient (Wildman–Crippen LogP) is 4.45. The minimum atomic E-state index is -0.905. The molecule has 0 unspecified atom stereocenters. The number of para-hydroxylation sites is 1. The largest absolute Gasteiger partial charge is 0.453 e. The van der Waals surface area contributed by atoms with E-state index in [1.54, 1.807) is 35.6 Å². The van der Waals surface area contributed by atoms with Gasteiger partial charge in [0, 0.05) is 12.1 Å². The molecule has 0 aliphatic rings. The van der Waals surface area contributed by atoms with Gasteiger partial charge in [-0.1, -0.05) is 18.2 Å². The summed E-state index contributed by atoms with van der Waals surface area (Å²) in [5, 5.41) is 12.6. The minimum absolute atomic E-state index is 0.256. The summed E-state index contributed by atoms with van der Waals surface area (Å²) in [5.41, 5.74) is 1.94. The lowest BCUT2D eigenvalue weighted by molar-refractivity contribution is -0.153. The molecule has 0 saturated carbocycles. The second-order valence-corrected chi connectivity index (χ2v) is 7.71. The minimum Gasteiger partial charge on any atom is -0.453 e. The van der Waals surface area contributed by atoms with Gasteiger partial charge in [-0.15, -0.1) is 11.3 Å². The molecule has 0 aliphatic heterocycles. The van der Waals surface area contributed by atoms with Crippen LogP contribution in [-0.4, -0.2) is 23.0 Å². The molecule has 0 bridgehead atoms. The van der Waals surface area contributed by atoms with Gasteiger partial charge in [-0.25, -0.2) is 4.98 Å². The summed E-state index contributed by atoms with van der Waals surface area (Å²) in [6, 6.07) is 16.6.